The Labute approximate surface area is 384 Å². The highest BCUT2D eigenvalue weighted by Gasteiger charge is 2.26. The van der Waals surface area contributed by atoms with E-state index in [1.165, 1.54) is 0 Å². The Morgan fingerprint density at radius 2 is 0.910 bits per heavy atom. The van der Waals surface area contributed by atoms with Crippen LogP contribution in [0.4, 0.5) is 0 Å². The van der Waals surface area contributed by atoms with Crippen molar-refractivity contribution in [3.63, 3.8) is 0 Å². The Kier molecular flexibility index (Phi) is 7.50. The van der Waals surface area contributed by atoms with E-state index in [9.17, 15) is 0 Å². The SMILES string of the molecule is c1cc(-c2nc3ccccc3s2)cc(-n2c3ccccc3c3ccc4c5ccccc5n(-c5nc(-c6cccc7c6oc6ccccc67)nc(-c6cccc7c6oc6ccccc67)n5)c4c32)c1. The van der Waals surface area contributed by atoms with Crippen LogP contribution in [-0.4, -0.2) is 29.1 Å². The first-order valence-electron chi connectivity index (χ1n) is 22.2. The summed E-state index contributed by atoms with van der Waals surface area (Å²) in [4.78, 5) is 21.4. The van der Waals surface area contributed by atoms with E-state index in [0.29, 0.717) is 28.8 Å². The Hall–Kier alpha value is -8.92. The van der Waals surface area contributed by atoms with Gasteiger partial charge in [0.2, 0.25) is 5.95 Å². The highest BCUT2D eigenvalue weighted by atomic mass is 32.1. The van der Waals surface area contributed by atoms with Crippen LogP contribution in [0.2, 0.25) is 0 Å². The first-order valence-corrected chi connectivity index (χ1v) is 23.0. The van der Waals surface area contributed by atoms with Crippen LogP contribution in [0.25, 0.3) is 143 Å². The minimum Gasteiger partial charge on any atom is -0.455 e. The molecule has 0 amide bonds. The summed E-state index contributed by atoms with van der Waals surface area (Å²) in [5, 5.41) is 9.46. The molecule has 0 bridgehead atoms. The summed E-state index contributed by atoms with van der Waals surface area (Å²) < 4.78 is 19.1. The van der Waals surface area contributed by atoms with Gasteiger partial charge < -0.3 is 13.4 Å². The highest BCUT2D eigenvalue weighted by Crippen LogP contribution is 2.44. The third-order valence-corrected chi connectivity index (χ3v) is 14.3. The van der Waals surface area contributed by atoms with Crippen molar-refractivity contribution in [3.8, 4) is 45.0 Å². The minimum atomic E-state index is 0.472. The van der Waals surface area contributed by atoms with Gasteiger partial charge in [-0.15, -0.1) is 11.3 Å². The molecule has 0 aliphatic carbocycles. The minimum absolute atomic E-state index is 0.472. The molecule has 0 N–H and O–H groups in total. The molecule has 15 rings (SSSR count). The molecular weight excluding hydrogens is 845 g/mol. The largest absolute Gasteiger partial charge is 0.455 e. The lowest BCUT2D eigenvalue weighted by Crippen LogP contribution is -2.07. The maximum Gasteiger partial charge on any atom is 0.238 e. The third-order valence-electron chi connectivity index (χ3n) is 13.2. The Bertz CT molecular complexity index is 4380. The second-order valence-corrected chi connectivity index (χ2v) is 18.0. The lowest BCUT2D eigenvalue weighted by atomic mass is 10.1. The van der Waals surface area contributed by atoms with Crippen LogP contribution in [0.15, 0.2) is 203 Å². The number of furan rings is 2. The van der Waals surface area contributed by atoms with Crippen LogP contribution >= 0.6 is 11.3 Å². The molecule has 0 spiro atoms. The Balaban J connectivity index is 1.06. The average Bonchev–Trinajstić information content (AvgIpc) is 4.21. The van der Waals surface area contributed by atoms with E-state index < -0.39 is 0 Å². The number of benzene rings is 9. The van der Waals surface area contributed by atoms with Gasteiger partial charge in [-0.05, 0) is 60.7 Å². The van der Waals surface area contributed by atoms with Gasteiger partial charge in [0, 0.05) is 54.3 Å². The number of rotatable bonds is 5. The van der Waals surface area contributed by atoms with Crippen molar-refractivity contribution in [2.45, 2.75) is 0 Å². The molecule has 0 unspecified atom stereocenters. The molecule has 0 saturated heterocycles. The number of nitrogens with zero attached hydrogens (tertiary/aromatic N) is 6. The summed E-state index contributed by atoms with van der Waals surface area (Å²) in [6.45, 7) is 0. The van der Waals surface area contributed by atoms with Gasteiger partial charge in [0.15, 0.2) is 11.6 Å². The zero-order valence-corrected chi connectivity index (χ0v) is 36.2. The summed E-state index contributed by atoms with van der Waals surface area (Å²) in [7, 11) is 0. The fraction of sp³-hybridized carbons (Fsp3) is 0. The zero-order chi connectivity index (χ0) is 43.7. The number of hydrogen-bond acceptors (Lipinski definition) is 7. The zero-order valence-electron chi connectivity index (χ0n) is 35.4. The molecule has 9 heteroatoms. The van der Waals surface area contributed by atoms with E-state index in [1.807, 2.05) is 66.7 Å². The quantitative estimate of drug-likeness (QED) is 0.171. The molecule has 312 valence electrons. The van der Waals surface area contributed by atoms with Crippen LogP contribution in [0, 0.1) is 0 Å². The molecular formula is C58H32N6O2S. The standard InChI is InChI=1S/C58H32N6O2S/c1-6-25-46-35(16-1)39-30-31-40-36-17-2-7-26-47(36)64(52(40)51(39)63(46)34-15-11-14-33(32-34)57-59-45-24-5-10-29-50(45)67-57)58-61-55(43-22-12-20-41-37-18-3-8-27-48(37)65-53(41)43)60-56(62-58)44-23-13-21-42-38-19-4-9-28-49(38)66-54(42)44/h1-32H. The number of para-hydroxylation sites is 7. The predicted octanol–water partition coefficient (Wildman–Crippen LogP) is 15.5. The molecule has 6 heterocycles. The van der Waals surface area contributed by atoms with E-state index in [4.69, 9.17) is 28.8 Å². The van der Waals surface area contributed by atoms with Gasteiger partial charge in [0.05, 0.1) is 43.4 Å². The molecule has 0 aliphatic rings. The van der Waals surface area contributed by atoms with E-state index >= 15 is 0 Å². The van der Waals surface area contributed by atoms with Crippen molar-refractivity contribution in [2.75, 3.05) is 0 Å². The Morgan fingerprint density at radius 3 is 1.55 bits per heavy atom. The van der Waals surface area contributed by atoms with Crippen molar-refractivity contribution in [1.29, 1.82) is 0 Å². The topological polar surface area (TPSA) is 87.7 Å². The van der Waals surface area contributed by atoms with Gasteiger partial charge in [-0.2, -0.15) is 9.97 Å². The van der Waals surface area contributed by atoms with E-state index in [1.54, 1.807) is 11.3 Å². The molecule has 0 radical (unpaired) electrons. The lowest BCUT2D eigenvalue weighted by Gasteiger charge is -2.14. The second-order valence-electron chi connectivity index (χ2n) is 16.9. The lowest BCUT2D eigenvalue weighted by molar-refractivity contribution is 0.669. The van der Waals surface area contributed by atoms with E-state index in [0.717, 1.165) is 114 Å². The van der Waals surface area contributed by atoms with Crippen LogP contribution < -0.4 is 0 Å². The van der Waals surface area contributed by atoms with E-state index in [2.05, 4.69) is 137 Å². The van der Waals surface area contributed by atoms with Gasteiger partial charge in [-0.3, -0.25) is 4.57 Å². The van der Waals surface area contributed by atoms with Crippen LogP contribution in [0.1, 0.15) is 0 Å². The first-order chi connectivity index (χ1) is 33.2. The summed E-state index contributed by atoms with van der Waals surface area (Å²) in [5.41, 5.74) is 11.7. The van der Waals surface area contributed by atoms with Crippen LogP contribution in [0.5, 0.6) is 0 Å². The molecule has 0 atom stereocenters. The van der Waals surface area contributed by atoms with Gasteiger partial charge in [-0.25, -0.2) is 9.97 Å². The predicted molar refractivity (Wildman–Crippen MR) is 273 cm³/mol. The second kappa shape index (κ2) is 13.8. The molecule has 67 heavy (non-hydrogen) atoms. The molecule has 6 aromatic heterocycles. The molecule has 9 aromatic carbocycles. The van der Waals surface area contributed by atoms with E-state index in [-0.39, 0.29) is 0 Å². The van der Waals surface area contributed by atoms with Crippen molar-refractivity contribution >= 4 is 109 Å². The molecule has 8 nitrogen and oxygen atoms in total. The smallest absolute Gasteiger partial charge is 0.238 e. The molecule has 0 aliphatic heterocycles. The molecule has 0 saturated carbocycles. The number of fused-ring (bicyclic) bond motifs is 14. The summed E-state index contributed by atoms with van der Waals surface area (Å²) in [5.74, 6) is 1.44. The van der Waals surface area contributed by atoms with Gasteiger partial charge in [0.25, 0.3) is 0 Å². The summed E-state index contributed by atoms with van der Waals surface area (Å²) in [6, 6.07) is 67.4. The van der Waals surface area contributed by atoms with Crippen molar-refractivity contribution in [2.24, 2.45) is 0 Å². The van der Waals surface area contributed by atoms with Gasteiger partial charge >= 0.3 is 0 Å². The normalized spacial score (nSPS) is 12.2. The number of hydrogen-bond donors (Lipinski definition) is 0. The van der Waals surface area contributed by atoms with Crippen LogP contribution in [-0.2, 0) is 0 Å². The monoisotopic (exact) mass is 876 g/mol. The maximum absolute atomic E-state index is 6.65. The first kappa shape index (κ1) is 36.4. The van der Waals surface area contributed by atoms with Gasteiger partial charge in [-0.1, -0.05) is 133 Å². The molecule has 0 fully saturated rings. The number of thiazole rings is 1. The van der Waals surface area contributed by atoms with Crippen LogP contribution in [0.3, 0.4) is 0 Å². The van der Waals surface area contributed by atoms with Crippen molar-refractivity contribution in [1.82, 2.24) is 29.1 Å². The highest BCUT2D eigenvalue weighted by molar-refractivity contribution is 7.21. The van der Waals surface area contributed by atoms with Crippen molar-refractivity contribution < 1.29 is 8.83 Å². The summed E-state index contributed by atoms with van der Waals surface area (Å²) >= 11 is 1.71. The fourth-order valence-electron chi connectivity index (χ4n) is 10.3. The number of aromatic nitrogens is 6. The third kappa shape index (κ3) is 5.28. The van der Waals surface area contributed by atoms with Gasteiger partial charge in [0.1, 0.15) is 27.3 Å². The average molecular weight is 877 g/mol. The maximum atomic E-state index is 6.65. The fourth-order valence-corrected chi connectivity index (χ4v) is 11.3. The molecule has 15 aromatic rings. The summed E-state index contributed by atoms with van der Waals surface area (Å²) in [6.07, 6.45) is 0. The van der Waals surface area contributed by atoms with Crippen molar-refractivity contribution in [3.05, 3.63) is 194 Å². The Morgan fingerprint density at radius 1 is 0.388 bits per heavy atom.